The van der Waals surface area contributed by atoms with E-state index in [0.717, 1.165) is 11.6 Å². The Balaban J connectivity index is 2.32. The number of allylic oxidation sites excluding steroid dienone is 3. The fraction of sp³-hybridized carbons (Fsp3) is 0.522. The predicted octanol–water partition coefficient (Wildman–Crippen LogP) is 5.14. The van der Waals surface area contributed by atoms with Crippen molar-refractivity contribution in [1.82, 2.24) is 0 Å². The second-order valence-corrected chi connectivity index (χ2v) is 8.49. The molecular formula is C23H32BFO6. The van der Waals surface area contributed by atoms with Gasteiger partial charge in [-0.1, -0.05) is 19.1 Å². The van der Waals surface area contributed by atoms with Crippen LogP contribution in [0.2, 0.25) is 0 Å². The number of aliphatic hydroxyl groups excluding tert-OH is 1. The van der Waals surface area contributed by atoms with E-state index in [9.17, 15) is 14.3 Å². The Hall–Kier alpha value is -2.32. The van der Waals surface area contributed by atoms with E-state index in [4.69, 9.17) is 18.8 Å². The summed E-state index contributed by atoms with van der Waals surface area (Å²) in [6, 6.07) is 4.19. The summed E-state index contributed by atoms with van der Waals surface area (Å²) in [6.45, 7) is 13.0. The van der Waals surface area contributed by atoms with Crippen molar-refractivity contribution in [3.05, 3.63) is 52.6 Å². The van der Waals surface area contributed by atoms with Crippen LogP contribution in [0.25, 0.3) is 0 Å². The summed E-state index contributed by atoms with van der Waals surface area (Å²) >= 11 is 0. The molecule has 170 valence electrons. The van der Waals surface area contributed by atoms with E-state index in [1.165, 1.54) is 0 Å². The molecule has 1 aliphatic heterocycles. The first-order valence-electron chi connectivity index (χ1n) is 10.5. The number of aryl methyl sites for hydroxylation is 1. The van der Waals surface area contributed by atoms with E-state index in [-0.39, 0.29) is 36.4 Å². The molecule has 1 aromatic carbocycles. The Labute approximate surface area is 184 Å². The molecule has 1 aliphatic rings. The molecule has 0 unspecified atom stereocenters. The van der Waals surface area contributed by atoms with Gasteiger partial charge in [0.1, 0.15) is 5.75 Å². The normalized spacial score (nSPS) is 18.6. The highest BCUT2D eigenvalue weighted by Gasteiger charge is 2.52. The van der Waals surface area contributed by atoms with Crippen LogP contribution in [-0.4, -0.2) is 36.0 Å². The minimum absolute atomic E-state index is 0.0448. The van der Waals surface area contributed by atoms with Gasteiger partial charge in [-0.25, -0.2) is 0 Å². The molecule has 0 atom stereocenters. The summed E-state index contributed by atoms with van der Waals surface area (Å²) in [5.41, 5.74) is 0.192. The fourth-order valence-corrected chi connectivity index (χ4v) is 2.99. The van der Waals surface area contributed by atoms with Crippen molar-refractivity contribution in [3.63, 3.8) is 0 Å². The first-order valence-corrected chi connectivity index (χ1v) is 10.5. The molecule has 2 rings (SSSR count). The summed E-state index contributed by atoms with van der Waals surface area (Å²) in [4.78, 5) is 11.9. The zero-order chi connectivity index (χ0) is 23.4. The van der Waals surface area contributed by atoms with Crippen LogP contribution in [0, 0.1) is 6.92 Å². The molecule has 0 bridgehead atoms. The van der Waals surface area contributed by atoms with Crippen LogP contribution < -0.4 is 4.74 Å². The van der Waals surface area contributed by atoms with Crippen LogP contribution in [0.5, 0.6) is 5.75 Å². The monoisotopic (exact) mass is 434 g/mol. The average molecular weight is 434 g/mol. The van der Waals surface area contributed by atoms with Crippen molar-refractivity contribution >= 4 is 13.1 Å². The molecule has 0 saturated carbocycles. The van der Waals surface area contributed by atoms with Crippen LogP contribution in [0.4, 0.5) is 4.39 Å². The van der Waals surface area contributed by atoms with Crippen molar-refractivity contribution in [2.75, 3.05) is 6.61 Å². The van der Waals surface area contributed by atoms with Gasteiger partial charge in [0.15, 0.2) is 0 Å². The smallest absolute Gasteiger partial charge is 0.498 e. The number of carbonyl (C=O) groups is 1. The number of rotatable bonds is 8. The molecule has 1 fully saturated rings. The Morgan fingerprint density at radius 1 is 1.19 bits per heavy atom. The lowest BCUT2D eigenvalue weighted by molar-refractivity contribution is -0.142. The van der Waals surface area contributed by atoms with E-state index >= 15 is 0 Å². The first-order chi connectivity index (χ1) is 14.4. The van der Waals surface area contributed by atoms with Gasteiger partial charge in [-0.2, -0.15) is 4.39 Å². The van der Waals surface area contributed by atoms with Gasteiger partial charge in [0.05, 0.1) is 30.0 Å². The number of carbonyl (C=O) groups excluding carboxylic acids is 1. The van der Waals surface area contributed by atoms with Gasteiger partial charge >= 0.3 is 13.1 Å². The van der Waals surface area contributed by atoms with E-state index in [0.29, 0.717) is 5.56 Å². The van der Waals surface area contributed by atoms with Crippen LogP contribution in [0.3, 0.4) is 0 Å². The lowest BCUT2D eigenvalue weighted by atomic mass is 9.76. The quantitative estimate of drug-likeness (QED) is 0.264. The molecule has 8 heteroatoms. The van der Waals surface area contributed by atoms with E-state index < -0.39 is 30.3 Å². The second kappa shape index (κ2) is 9.87. The lowest BCUT2D eigenvalue weighted by Crippen LogP contribution is -2.41. The van der Waals surface area contributed by atoms with Gasteiger partial charge in [-0.15, -0.1) is 0 Å². The molecule has 1 N–H and O–H groups in total. The minimum atomic E-state index is -0.958. The molecule has 0 spiro atoms. The van der Waals surface area contributed by atoms with Gasteiger partial charge in [0.25, 0.3) is 6.01 Å². The maximum atomic E-state index is 14.9. The van der Waals surface area contributed by atoms with Crippen LogP contribution in [0.1, 0.15) is 59.1 Å². The standard InChI is InChI=1S/C23H32BFO6/c1-8-18(26)17(24-30-22(4,5)23(6,7)31-24)14-20(25)29-19-12-15(3)10-11-16(19)13-21(27)28-9-2/h10-12,14,26H,8-9,13H2,1-7H3/b18-17-,20-14?. The predicted molar refractivity (Wildman–Crippen MR) is 117 cm³/mol. The summed E-state index contributed by atoms with van der Waals surface area (Å²) in [5, 5.41) is 10.4. The molecule has 1 aromatic rings. The Bertz CT molecular complexity index is 859. The van der Waals surface area contributed by atoms with Gasteiger partial charge in [-0.3, -0.25) is 4.79 Å². The molecular weight excluding hydrogens is 402 g/mol. The zero-order valence-electron chi connectivity index (χ0n) is 19.4. The summed E-state index contributed by atoms with van der Waals surface area (Å²) in [5.74, 6) is -0.290. The third-order valence-corrected chi connectivity index (χ3v) is 5.51. The molecule has 1 heterocycles. The molecule has 6 nitrogen and oxygen atoms in total. The van der Waals surface area contributed by atoms with Crippen LogP contribution >= 0.6 is 0 Å². The Morgan fingerprint density at radius 3 is 2.35 bits per heavy atom. The number of ether oxygens (including phenoxy) is 2. The highest BCUT2D eigenvalue weighted by Crippen LogP contribution is 2.39. The topological polar surface area (TPSA) is 74.2 Å². The third kappa shape index (κ3) is 6.11. The summed E-state index contributed by atoms with van der Waals surface area (Å²) < 4.78 is 37.2. The zero-order valence-corrected chi connectivity index (χ0v) is 19.4. The van der Waals surface area contributed by atoms with E-state index in [1.807, 2.05) is 40.7 Å². The van der Waals surface area contributed by atoms with Gasteiger partial charge < -0.3 is 23.9 Å². The number of benzene rings is 1. The largest absolute Gasteiger partial charge is 0.513 e. The number of halogens is 1. The highest BCUT2D eigenvalue weighted by atomic mass is 19.1. The molecule has 0 aromatic heterocycles. The number of esters is 1. The Morgan fingerprint density at radius 2 is 1.81 bits per heavy atom. The highest BCUT2D eigenvalue weighted by molar-refractivity contribution is 6.55. The Kier molecular flexibility index (Phi) is 7.95. The third-order valence-electron chi connectivity index (χ3n) is 5.51. The maximum absolute atomic E-state index is 14.9. The van der Waals surface area contributed by atoms with Crippen LogP contribution in [0.15, 0.2) is 41.5 Å². The second-order valence-electron chi connectivity index (χ2n) is 8.49. The van der Waals surface area contributed by atoms with Gasteiger partial charge in [-0.05, 0) is 53.2 Å². The summed E-state index contributed by atoms with van der Waals surface area (Å²) in [6.07, 6.45) is 1.29. The van der Waals surface area contributed by atoms with Crippen molar-refractivity contribution in [1.29, 1.82) is 0 Å². The fourth-order valence-electron chi connectivity index (χ4n) is 2.99. The van der Waals surface area contributed by atoms with Crippen molar-refractivity contribution in [2.45, 2.75) is 72.5 Å². The average Bonchev–Trinajstić information content (AvgIpc) is 2.88. The number of hydrogen-bond acceptors (Lipinski definition) is 6. The summed E-state index contributed by atoms with van der Waals surface area (Å²) in [7, 11) is -0.948. The number of aliphatic hydroxyl groups is 1. The number of hydrogen-bond donors (Lipinski definition) is 1. The molecule has 0 amide bonds. The van der Waals surface area contributed by atoms with Crippen molar-refractivity contribution in [2.24, 2.45) is 0 Å². The van der Waals surface area contributed by atoms with E-state index in [1.54, 1.807) is 26.0 Å². The molecule has 0 aliphatic carbocycles. The minimum Gasteiger partial charge on any atom is -0.513 e. The van der Waals surface area contributed by atoms with E-state index in [2.05, 4.69) is 0 Å². The molecule has 1 saturated heterocycles. The molecule has 31 heavy (non-hydrogen) atoms. The van der Waals surface area contributed by atoms with Crippen molar-refractivity contribution in [3.8, 4) is 5.75 Å². The lowest BCUT2D eigenvalue weighted by Gasteiger charge is -2.32. The van der Waals surface area contributed by atoms with Gasteiger partial charge in [0.2, 0.25) is 0 Å². The SMILES string of the molecule is CCOC(=O)Cc1ccc(C)cc1OC(F)=C/C(B1OC(C)(C)C(C)(C)O1)=C(/O)CC. The van der Waals surface area contributed by atoms with Crippen LogP contribution in [-0.2, 0) is 25.3 Å². The first kappa shape index (κ1) is 24.9. The van der Waals surface area contributed by atoms with Crippen molar-refractivity contribution < 1.29 is 33.1 Å². The maximum Gasteiger partial charge on any atom is 0.498 e. The molecule has 0 radical (unpaired) electrons. The van der Waals surface area contributed by atoms with Gasteiger partial charge in [0, 0.05) is 23.5 Å².